The van der Waals surface area contributed by atoms with Crippen LogP contribution in [0.5, 0.6) is 5.75 Å². The first-order chi connectivity index (χ1) is 11.5. The van der Waals surface area contributed by atoms with Gasteiger partial charge in [-0.05, 0) is 51.8 Å². The first-order valence-electron chi connectivity index (χ1n) is 6.80. The van der Waals surface area contributed by atoms with Crippen molar-refractivity contribution in [2.24, 2.45) is 5.10 Å². The molecule has 2 amide bonds. The summed E-state index contributed by atoms with van der Waals surface area (Å²) in [6, 6.07) is 10.3. The number of hydrogen-bond acceptors (Lipinski definition) is 4. The third-order valence-corrected chi connectivity index (χ3v) is 3.48. The van der Waals surface area contributed by atoms with Crippen LogP contribution in [0.15, 0.2) is 52.0 Å². The summed E-state index contributed by atoms with van der Waals surface area (Å²) in [4.78, 5) is 23.3. The molecule has 0 aliphatic carbocycles. The average molecular weight is 394 g/mol. The Kier molecular flexibility index (Phi) is 6.02. The summed E-state index contributed by atoms with van der Waals surface area (Å²) in [5, 5.41) is 15.4. The number of phenols is 1. The molecule has 0 aliphatic heterocycles. The Morgan fingerprint density at radius 1 is 1.21 bits per heavy atom. The molecule has 0 saturated carbocycles. The van der Waals surface area contributed by atoms with Crippen molar-refractivity contribution >= 4 is 39.6 Å². The summed E-state index contributed by atoms with van der Waals surface area (Å²) in [5.41, 5.74) is 2.84. The molecule has 2 aromatic rings. The van der Waals surface area contributed by atoms with Crippen LogP contribution in [0.1, 0.15) is 12.0 Å². The molecule has 0 atom stereocenters. The van der Waals surface area contributed by atoms with Gasteiger partial charge in [-0.15, -0.1) is 0 Å². The summed E-state index contributed by atoms with van der Waals surface area (Å²) < 4.78 is 13.9. The van der Waals surface area contributed by atoms with Crippen LogP contribution in [-0.2, 0) is 9.59 Å². The molecule has 0 aromatic heterocycles. The maximum atomic E-state index is 13.4. The minimum Gasteiger partial charge on any atom is -0.507 e. The van der Waals surface area contributed by atoms with Gasteiger partial charge >= 0.3 is 0 Å². The van der Waals surface area contributed by atoms with Crippen LogP contribution < -0.4 is 10.7 Å². The summed E-state index contributed by atoms with van der Waals surface area (Å²) >= 11 is 3.15. The molecule has 8 heteroatoms. The second kappa shape index (κ2) is 8.21. The number of phenolic OH excluding ortho intramolecular Hbond substituents is 1. The standard InChI is InChI=1S/C16H13BrFN3O3/c17-11-7-10(5-6-14(11)22)9-19-21-16(24)8-15(23)20-13-4-2-1-3-12(13)18/h1-7,9,22H,8H2,(H,20,23)(H,21,24). The third kappa shape index (κ3) is 5.17. The van der Waals surface area contributed by atoms with Crippen molar-refractivity contribution in [1.82, 2.24) is 5.43 Å². The summed E-state index contributed by atoms with van der Waals surface area (Å²) in [6.45, 7) is 0. The smallest absolute Gasteiger partial charge is 0.249 e. The predicted molar refractivity (Wildman–Crippen MR) is 91.2 cm³/mol. The quantitative estimate of drug-likeness (QED) is 0.414. The average Bonchev–Trinajstić information content (AvgIpc) is 2.53. The molecular weight excluding hydrogens is 381 g/mol. The number of aromatic hydroxyl groups is 1. The lowest BCUT2D eigenvalue weighted by Crippen LogP contribution is -2.24. The fourth-order valence-corrected chi connectivity index (χ4v) is 2.12. The number of hydrazone groups is 1. The predicted octanol–water partition coefficient (Wildman–Crippen LogP) is 2.77. The van der Waals surface area contributed by atoms with Crippen LogP contribution in [0, 0.1) is 5.82 Å². The number of nitrogens with zero attached hydrogens (tertiary/aromatic N) is 1. The molecule has 0 saturated heterocycles. The topological polar surface area (TPSA) is 90.8 Å². The Labute approximate surface area is 145 Å². The Morgan fingerprint density at radius 3 is 2.67 bits per heavy atom. The lowest BCUT2D eigenvalue weighted by molar-refractivity contribution is -0.126. The molecule has 6 nitrogen and oxygen atoms in total. The molecule has 2 rings (SSSR count). The molecule has 0 heterocycles. The van der Waals surface area contributed by atoms with Crippen LogP contribution in [0.25, 0.3) is 0 Å². The van der Waals surface area contributed by atoms with E-state index in [1.165, 1.54) is 30.5 Å². The third-order valence-electron chi connectivity index (χ3n) is 2.84. The zero-order chi connectivity index (χ0) is 17.5. The minimum atomic E-state index is -0.653. The Bertz CT molecular complexity index is 796. The fraction of sp³-hybridized carbons (Fsp3) is 0.0625. The maximum Gasteiger partial charge on any atom is 0.249 e. The van der Waals surface area contributed by atoms with Gasteiger partial charge in [0.15, 0.2) is 0 Å². The molecule has 2 aromatic carbocycles. The molecule has 24 heavy (non-hydrogen) atoms. The van der Waals surface area contributed by atoms with E-state index < -0.39 is 24.1 Å². The van der Waals surface area contributed by atoms with E-state index >= 15 is 0 Å². The van der Waals surface area contributed by atoms with Crippen molar-refractivity contribution in [2.45, 2.75) is 6.42 Å². The molecule has 124 valence electrons. The zero-order valence-electron chi connectivity index (χ0n) is 12.3. The van der Waals surface area contributed by atoms with E-state index in [-0.39, 0.29) is 11.4 Å². The molecule has 3 N–H and O–H groups in total. The van der Waals surface area contributed by atoms with Crippen molar-refractivity contribution in [3.8, 4) is 5.75 Å². The largest absolute Gasteiger partial charge is 0.507 e. The van der Waals surface area contributed by atoms with Crippen LogP contribution in [-0.4, -0.2) is 23.1 Å². The lowest BCUT2D eigenvalue weighted by atomic mass is 10.2. The van der Waals surface area contributed by atoms with E-state index in [4.69, 9.17) is 0 Å². The molecule has 0 unspecified atom stereocenters. The molecule has 0 radical (unpaired) electrons. The van der Waals surface area contributed by atoms with Gasteiger partial charge in [0.25, 0.3) is 0 Å². The van der Waals surface area contributed by atoms with E-state index in [9.17, 15) is 19.1 Å². The van der Waals surface area contributed by atoms with Crippen LogP contribution >= 0.6 is 15.9 Å². The van der Waals surface area contributed by atoms with Gasteiger partial charge in [-0.3, -0.25) is 9.59 Å². The van der Waals surface area contributed by atoms with Gasteiger partial charge in [-0.25, -0.2) is 9.82 Å². The SMILES string of the molecule is O=C(CC(=O)Nc1ccccc1F)NN=Cc1ccc(O)c(Br)c1. The molecule has 0 aliphatic rings. The van der Waals surface area contributed by atoms with Crippen LogP contribution in [0.2, 0.25) is 0 Å². The zero-order valence-corrected chi connectivity index (χ0v) is 13.9. The van der Waals surface area contributed by atoms with E-state index in [0.717, 1.165) is 0 Å². The van der Waals surface area contributed by atoms with Crippen molar-refractivity contribution in [3.63, 3.8) is 0 Å². The van der Waals surface area contributed by atoms with E-state index in [0.29, 0.717) is 10.0 Å². The van der Waals surface area contributed by atoms with E-state index in [1.54, 1.807) is 18.2 Å². The number of carbonyl (C=O) groups is 2. The van der Waals surface area contributed by atoms with Gasteiger partial charge < -0.3 is 10.4 Å². The number of halogens is 2. The number of rotatable bonds is 5. The van der Waals surface area contributed by atoms with Gasteiger partial charge in [0.05, 0.1) is 16.4 Å². The number of anilines is 1. The van der Waals surface area contributed by atoms with Crippen molar-refractivity contribution in [3.05, 3.63) is 58.3 Å². The second-order valence-corrected chi connectivity index (χ2v) is 5.56. The lowest BCUT2D eigenvalue weighted by Gasteiger charge is -2.05. The summed E-state index contributed by atoms with van der Waals surface area (Å²) in [7, 11) is 0. The molecule has 0 bridgehead atoms. The van der Waals surface area contributed by atoms with Gasteiger partial charge in [-0.1, -0.05) is 12.1 Å². The van der Waals surface area contributed by atoms with Crippen LogP contribution in [0.4, 0.5) is 10.1 Å². The van der Waals surface area contributed by atoms with Crippen LogP contribution in [0.3, 0.4) is 0 Å². The van der Waals surface area contributed by atoms with Crippen molar-refractivity contribution in [2.75, 3.05) is 5.32 Å². The highest BCUT2D eigenvalue weighted by atomic mass is 79.9. The molecular formula is C16H13BrFN3O3. The van der Waals surface area contributed by atoms with Gasteiger partial charge in [0.1, 0.15) is 18.0 Å². The minimum absolute atomic E-state index is 0.00717. The monoisotopic (exact) mass is 393 g/mol. The highest BCUT2D eigenvalue weighted by Crippen LogP contribution is 2.23. The van der Waals surface area contributed by atoms with Crippen molar-refractivity contribution < 1.29 is 19.1 Å². The van der Waals surface area contributed by atoms with Gasteiger partial charge in [0.2, 0.25) is 11.8 Å². The normalized spacial score (nSPS) is 10.6. The Hall–Kier alpha value is -2.74. The number of benzene rings is 2. The molecule has 0 fully saturated rings. The second-order valence-electron chi connectivity index (χ2n) is 4.71. The first kappa shape index (κ1) is 17.6. The number of amides is 2. The van der Waals surface area contributed by atoms with Gasteiger partial charge in [0, 0.05) is 0 Å². The fourth-order valence-electron chi connectivity index (χ4n) is 1.72. The highest BCUT2D eigenvalue weighted by Gasteiger charge is 2.10. The summed E-state index contributed by atoms with van der Waals surface area (Å²) in [5.74, 6) is -1.79. The number of para-hydroxylation sites is 1. The van der Waals surface area contributed by atoms with E-state index in [2.05, 4.69) is 31.8 Å². The highest BCUT2D eigenvalue weighted by molar-refractivity contribution is 9.10. The van der Waals surface area contributed by atoms with Gasteiger partial charge in [-0.2, -0.15) is 5.10 Å². The number of carbonyl (C=O) groups excluding carboxylic acids is 2. The van der Waals surface area contributed by atoms with Crippen molar-refractivity contribution in [1.29, 1.82) is 0 Å². The number of nitrogens with one attached hydrogen (secondary N) is 2. The maximum absolute atomic E-state index is 13.4. The molecule has 0 spiro atoms. The van der Waals surface area contributed by atoms with E-state index in [1.807, 2.05) is 0 Å². The Morgan fingerprint density at radius 2 is 1.96 bits per heavy atom. The first-order valence-corrected chi connectivity index (χ1v) is 7.60. The number of hydrogen-bond donors (Lipinski definition) is 3. The Balaban J connectivity index is 1.84. The summed E-state index contributed by atoms with van der Waals surface area (Å²) in [6.07, 6.45) is 0.863.